The van der Waals surface area contributed by atoms with Gasteiger partial charge in [-0.1, -0.05) is 30.3 Å². The summed E-state index contributed by atoms with van der Waals surface area (Å²) in [7, 11) is -3.67. The van der Waals surface area contributed by atoms with Crippen LogP contribution in [-0.4, -0.2) is 24.8 Å². The maximum Gasteiger partial charge on any atom is 0.305 e. The van der Waals surface area contributed by atoms with Crippen molar-refractivity contribution < 1.29 is 22.4 Å². The number of hydrazine groups is 1. The predicted molar refractivity (Wildman–Crippen MR) is 117 cm³/mol. The lowest BCUT2D eigenvalue weighted by Crippen LogP contribution is -2.42. The third kappa shape index (κ3) is 4.47. The van der Waals surface area contributed by atoms with E-state index >= 15 is 0 Å². The number of nitrogens with one attached hydrogen (secondary N) is 2. The second-order valence-electron chi connectivity index (χ2n) is 6.86. The molecule has 4 rings (SSSR count). The number of rotatable bonds is 6. The van der Waals surface area contributed by atoms with Gasteiger partial charge in [0.25, 0.3) is 5.91 Å². The van der Waals surface area contributed by atoms with E-state index in [1.165, 1.54) is 24.5 Å². The van der Waals surface area contributed by atoms with E-state index in [0.29, 0.717) is 11.3 Å². The van der Waals surface area contributed by atoms with Gasteiger partial charge in [0, 0.05) is 18.0 Å². The molecule has 4 aromatic rings. The largest absolute Gasteiger partial charge is 0.459 e. The topological polar surface area (TPSA) is 110 Å². The quantitative estimate of drug-likeness (QED) is 0.440. The fourth-order valence-corrected chi connectivity index (χ4v) is 4.56. The Labute approximate surface area is 184 Å². The Morgan fingerprint density at radius 3 is 2.22 bits per heavy atom. The Kier molecular flexibility index (Phi) is 5.91. The molecule has 0 radical (unpaired) electrons. The van der Waals surface area contributed by atoms with E-state index < -0.39 is 27.4 Å². The van der Waals surface area contributed by atoms with E-state index in [9.17, 15) is 18.0 Å². The highest BCUT2D eigenvalue weighted by molar-refractivity contribution is 7.90. The maximum atomic E-state index is 12.7. The number of hydrogen-bond donors (Lipinski definition) is 2. The first-order chi connectivity index (χ1) is 15.5. The molecule has 162 valence electrons. The van der Waals surface area contributed by atoms with Crippen LogP contribution in [-0.2, 0) is 15.6 Å². The molecule has 0 atom stereocenters. The van der Waals surface area contributed by atoms with E-state index in [1.807, 2.05) is 12.1 Å². The first kappa shape index (κ1) is 21.1. The van der Waals surface area contributed by atoms with E-state index in [-0.39, 0.29) is 16.2 Å². The summed E-state index contributed by atoms with van der Waals surface area (Å²) in [6, 6.07) is 19.9. The number of sulfone groups is 1. The van der Waals surface area contributed by atoms with Gasteiger partial charge in [-0.25, -0.2) is 8.42 Å². The van der Waals surface area contributed by atoms with Crippen molar-refractivity contribution in [2.75, 3.05) is 0 Å². The van der Waals surface area contributed by atoms with Crippen molar-refractivity contribution in [3.05, 3.63) is 108 Å². The highest BCUT2D eigenvalue weighted by Gasteiger charge is 2.23. The number of carbonyl (C=O) groups is 2. The van der Waals surface area contributed by atoms with Crippen LogP contribution in [0.25, 0.3) is 5.69 Å². The predicted octanol–water partition coefficient (Wildman–Crippen LogP) is 3.12. The molecule has 0 fully saturated rings. The number of nitrogens with zero attached hydrogens (tertiary/aromatic N) is 1. The first-order valence-electron chi connectivity index (χ1n) is 9.63. The van der Waals surface area contributed by atoms with Crippen LogP contribution in [0.3, 0.4) is 0 Å². The highest BCUT2D eigenvalue weighted by atomic mass is 32.2. The van der Waals surface area contributed by atoms with Crippen LogP contribution in [0, 0.1) is 0 Å². The minimum atomic E-state index is -3.67. The lowest BCUT2D eigenvalue weighted by Gasteiger charge is -2.12. The van der Waals surface area contributed by atoms with Gasteiger partial charge in [-0.15, -0.1) is 0 Å². The Hall–Kier alpha value is -4.11. The molecule has 0 saturated heterocycles. The summed E-state index contributed by atoms with van der Waals surface area (Å²) in [4.78, 5) is 25.4. The van der Waals surface area contributed by atoms with Crippen LogP contribution in [0.15, 0.2) is 101 Å². The molecule has 0 spiro atoms. The summed E-state index contributed by atoms with van der Waals surface area (Å²) in [5.74, 6) is -1.91. The van der Waals surface area contributed by atoms with Crippen molar-refractivity contribution in [1.29, 1.82) is 0 Å². The van der Waals surface area contributed by atoms with E-state index in [4.69, 9.17) is 4.42 Å². The second kappa shape index (κ2) is 8.94. The molecule has 0 aliphatic heterocycles. The number of para-hydroxylation sites is 1. The standard InChI is InChI=1S/C23H19N3O5S/c27-22(19-10-4-5-11-20(19)26-13-6-7-14-26)24-25-23(28)21-17(12-15-31-21)16-32(29,30)18-8-2-1-3-9-18/h1-15H,16H2,(H,24,27)(H,25,28). The molecule has 2 aromatic carbocycles. The molecule has 0 unspecified atom stereocenters. The smallest absolute Gasteiger partial charge is 0.305 e. The summed E-state index contributed by atoms with van der Waals surface area (Å²) >= 11 is 0. The highest BCUT2D eigenvalue weighted by Crippen LogP contribution is 2.20. The van der Waals surface area contributed by atoms with Crippen molar-refractivity contribution in [1.82, 2.24) is 15.4 Å². The van der Waals surface area contributed by atoms with Crippen LogP contribution in [0.4, 0.5) is 0 Å². The number of hydrogen-bond acceptors (Lipinski definition) is 5. The lowest BCUT2D eigenvalue weighted by atomic mass is 10.1. The fourth-order valence-electron chi connectivity index (χ4n) is 3.19. The molecule has 2 N–H and O–H groups in total. The van der Waals surface area contributed by atoms with Gasteiger partial charge in [-0.2, -0.15) is 0 Å². The van der Waals surface area contributed by atoms with Gasteiger partial charge in [0.15, 0.2) is 15.6 Å². The second-order valence-corrected chi connectivity index (χ2v) is 8.85. The van der Waals surface area contributed by atoms with Crippen molar-refractivity contribution in [2.45, 2.75) is 10.6 Å². The Bertz CT molecular complexity index is 1340. The van der Waals surface area contributed by atoms with Gasteiger partial charge in [0.05, 0.1) is 28.2 Å². The summed E-state index contributed by atoms with van der Waals surface area (Å²) in [5, 5.41) is 0. The molecular weight excluding hydrogens is 430 g/mol. The zero-order valence-electron chi connectivity index (χ0n) is 16.8. The van der Waals surface area contributed by atoms with Crippen molar-refractivity contribution in [3.63, 3.8) is 0 Å². The van der Waals surface area contributed by atoms with Crippen molar-refractivity contribution in [3.8, 4) is 5.69 Å². The molecule has 2 amide bonds. The van der Waals surface area contributed by atoms with Crippen LogP contribution in [0.1, 0.15) is 26.5 Å². The number of carbonyl (C=O) groups excluding carboxylic acids is 2. The Morgan fingerprint density at radius 1 is 0.812 bits per heavy atom. The Balaban J connectivity index is 1.47. The number of furan rings is 1. The van der Waals surface area contributed by atoms with Crippen molar-refractivity contribution >= 4 is 21.7 Å². The molecule has 2 aromatic heterocycles. The van der Waals surface area contributed by atoms with Crippen LogP contribution >= 0.6 is 0 Å². The number of aromatic nitrogens is 1. The molecule has 0 aliphatic rings. The van der Waals surface area contributed by atoms with Gasteiger partial charge < -0.3 is 8.98 Å². The summed E-state index contributed by atoms with van der Waals surface area (Å²) < 4.78 is 32.2. The van der Waals surface area contributed by atoms with Gasteiger partial charge in [0.1, 0.15) is 0 Å². The average molecular weight is 449 g/mol. The molecule has 0 aliphatic carbocycles. The summed E-state index contributed by atoms with van der Waals surface area (Å²) in [6.07, 6.45) is 4.83. The molecule has 0 bridgehead atoms. The molecule has 32 heavy (non-hydrogen) atoms. The molecule has 2 heterocycles. The fraction of sp³-hybridized carbons (Fsp3) is 0.0435. The monoisotopic (exact) mass is 449 g/mol. The molecule has 0 saturated carbocycles. The zero-order valence-corrected chi connectivity index (χ0v) is 17.6. The minimum absolute atomic E-state index is 0.141. The molecular formula is C23H19N3O5S. The van der Waals surface area contributed by atoms with Gasteiger partial charge in [-0.3, -0.25) is 20.4 Å². The lowest BCUT2D eigenvalue weighted by molar-refractivity contribution is 0.0830. The number of benzene rings is 2. The molecule has 8 nitrogen and oxygen atoms in total. The van der Waals surface area contributed by atoms with Gasteiger partial charge in [0.2, 0.25) is 0 Å². The van der Waals surface area contributed by atoms with Crippen molar-refractivity contribution in [2.24, 2.45) is 0 Å². The summed E-state index contributed by atoms with van der Waals surface area (Å²) in [6.45, 7) is 0. The average Bonchev–Trinajstić information content (AvgIpc) is 3.50. The zero-order chi connectivity index (χ0) is 22.6. The maximum absolute atomic E-state index is 12.7. The van der Waals surface area contributed by atoms with Crippen LogP contribution < -0.4 is 10.9 Å². The molecule has 9 heteroatoms. The SMILES string of the molecule is O=C(NNC(=O)c1occc1CS(=O)(=O)c1ccccc1)c1ccccc1-n1cccc1. The third-order valence-electron chi connectivity index (χ3n) is 4.72. The van der Waals surface area contributed by atoms with Gasteiger partial charge in [-0.05, 0) is 42.5 Å². The van der Waals surface area contributed by atoms with E-state index in [0.717, 1.165) is 0 Å². The first-order valence-corrected chi connectivity index (χ1v) is 11.3. The van der Waals surface area contributed by atoms with Crippen LogP contribution in [0.2, 0.25) is 0 Å². The third-order valence-corrected chi connectivity index (χ3v) is 6.40. The van der Waals surface area contributed by atoms with Crippen LogP contribution in [0.5, 0.6) is 0 Å². The number of amides is 2. The minimum Gasteiger partial charge on any atom is -0.459 e. The Morgan fingerprint density at radius 2 is 1.47 bits per heavy atom. The van der Waals surface area contributed by atoms with Gasteiger partial charge >= 0.3 is 5.91 Å². The van der Waals surface area contributed by atoms with E-state index in [2.05, 4.69) is 10.9 Å². The summed E-state index contributed by atoms with van der Waals surface area (Å²) in [5.41, 5.74) is 5.80. The normalized spacial score (nSPS) is 11.1. The van der Waals surface area contributed by atoms with E-state index in [1.54, 1.807) is 59.4 Å².